The van der Waals surface area contributed by atoms with Crippen molar-refractivity contribution in [2.45, 2.75) is 40.2 Å². The Labute approximate surface area is 103 Å². The van der Waals surface area contributed by atoms with Crippen LogP contribution in [0, 0.1) is 6.92 Å². The quantitative estimate of drug-likeness (QED) is 0.870. The fourth-order valence-corrected chi connectivity index (χ4v) is 1.75. The van der Waals surface area contributed by atoms with E-state index in [9.17, 15) is 4.79 Å². The van der Waals surface area contributed by atoms with Crippen LogP contribution in [-0.4, -0.2) is 28.4 Å². The van der Waals surface area contributed by atoms with Crippen LogP contribution < -0.4 is 5.73 Å². The van der Waals surface area contributed by atoms with Crippen LogP contribution in [0.15, 0.2) is 12.3 Å². The van der Waals surface area contributed by atoms with Crippen LogP contribution in [0.25, 0.3) is 0 Å². The average Bonchev–Trinajstić information content (AvgIpc) is 2.24. The van der Waals surface area contributed by atoms with Crippen LogP contribution in [0.5, 0.6) is 0 Å². The summed E-state index contributed by atoms with van der Waals surface area (Å²) in [5.74, 6) is -0.0353. The van der Waals surface area contributed by atoms with Crippen molar-refractivity contribution >= 4 is 11.6 Å². The normalized spacial score (nSPS) is 10.6. The van der Waals surface area contributed by atoms with E-state index in [4.69, 9.17) is 5.73 Å². The number of anilines is 1. The molecule has 0 saturated heterocycles. The van der Waals surface area contributed by atoms with Gasteiger partial charge in [0, 0.05) is 30.2 Å². The summed E-state index contributed by atoms with van der Waals surface area (Å²) in [6.07, 6.45) is 2.50. The summed E-state index contributed by atoms with van der Waals surface area (Å²) in [5, 5.41) is 0. The topological polar surface area (TPSA) is 59.2 Å². The van der Waals surface area contributed by atoms with Crippen molar-refractivity contribution < 1.29 is 4.79 Å². The van der Waals surface area contributed by atoms with Crippen molar-refractivity contribution in [1.29, 1.82) is 0 Å². The average molecular weight is 235 g/mol. The van der Waals surface area contributed by atoms with Crippen LogP contribution in [0.4, 0.5) is 5.69 Å². The van der Waals surface area contributed by atoms with Crippen LogP contribution in [0.2, 0.25) is 0 Å². The second kappa shape index (κ2) is 5.66. The van der Waals surface area contributed by atoms with Gasteiger partial charge in [-0.2, -0.15) is 0 Å². The van der Waals surface area contributed by atoms with Crippen molar-refractivity contribution in [3.8, 4) is 0 Å². The monoisotopic (exact) mass is 235 g/mol. The molecule has 1 amide bonds. The van der Waals surface area contributed by atoms with E-state index in [0.29, 0.717) is 11.3 Å². The Bertz CT molecular complexity index is 402. The molecule has 0 spiro atoms. The molecule has 0 aliphatic rings. The maximum absolute atomic E-state index is 12.3. The van der Waals surface area contributed by atoms with Gasteiger partial charge in [-0.3, -0.25) is 9.78 Å². The smallest absolute Gasteiger partial charge is 0.257 e. The third-order valence-corrected chi connectivity index (χ3v) is 2.65. The van der Waals surface area contributed by atoms with E-state index in [2.05, 4.69) is 11.9 Å². The molecule has 0 unspecified atom stereocenters. The minimum absolute atomic E-state index is 0.0353. The minimum Gasteiger partial charge on any atom is -0.398 e. The predicted octanol–water partition coefficient (Wildman–Crippen LogP) is 2.23. The summed E-state index contributed by atoms with van der Waals surface area (Å²) < 4.78 is 0. The van der Waals surface area contributed by atoms with Crippen molar-refractivity contribution in [3.63, 3.8) is 0 Å². The Kier molecular flexibility index (Phi) is 4.49. The molecular weight excluding hydrogens is 214 g/mol. The van der Waals surface area contributed by atoms with Crippen LogP contribution in [-0.2, 0) is 0 Å². The number of pyridine rings is 1. The van der Waals surface area contributed by atoms with Crippen molar-refractivity contribution in [3.05, 3.63) is 23.5 Å². The third-order valence-electron chi connectivity index (χ3n) is 2.65. The number of nitrogens with two attached hydrogens (primary N) is 1. The van der Waals surface area contributed by atoms with Gasteiger partial charge in [0.05, 0.1) is 5.56 Å². The number of aryl methyl sites for hydroxylation is 1. The second-order valence-corrected chi connectivity index (χ2v) is 4.51. The lowest BCUT2D eigenvalue weighted by molar-refractivity contribution is 0.0706. The first-order valence-electron chi connectivity index (χ1n) is 6.00. The Hall–Kier alpha value is -1.58. The van der Waals surface area contributed by atoms with Crippen LogP contribution in [0.3, 0.4) is 0 Å². The maximum Gasteiger partial charge on any atom is 0.257 e. The van der Waals surface area contributed by atoms with Gasteiger partial charge >= 0.3 is 0 Å². The predicted molar refractivity (Wildman–Crippen MR) is 69.8 cm³/mol. The zero-order valence-corrected chi connectivity index (χ0v) is 11.0. The summed E-state index contributed by atoms with van der Waals surface area (Å²) >= 11 is 0. The zero-order chi connectivity index (χ0) is 13.0. The number of hydrogen-bond acceptors (Lipinski definition) is 3. The molecule has 0 aliphatic heterocycles. The summed E-state index contributed by atoms with van der Waals surface area (Å²) in [7, 11) is 0. The molecule has 2 N–H and O–H groups in total. The van der Waals surface area contributed by atoms with Gasteiger partial charge in [0.2, 0.25) is 0 Å². The molecule has 4 heteroatoms. The Balaban J connectivity index is 3.01. The molecule has 1 rings (SSSR count). The van der Waals surface area contributed by atoms with E-state index >= 15 is 0 Å². The highest BCUT2D eigenvalue weighted by Gasteiger charge is 2.20. The highest BCUT2D eigenvalue weighted by atomic mass is 16.2. The number of rotatable bonds is 4. The highest BCUT2D eigenvalue weighted by molar-refractivity contribution is 5.99. The third kappa shape index (κ3) is 3.19. The van der Waals surface area contributed by atoms with Crippen LogP contribution in [0.1, 0.15) is 43.2 Å². The van der Waals surface area contributed by atoms with E-state index in [-0.39, 0.29) is 11.9 Å². The molecule has 0 atom stereocenters. The molecule has 17 heavy (non-hydrogen) atoms. The molecule has 4 nitrogen and oxygen atoms in total. The SMILES string of the molecule is CCCN(C(=O)c1cnc(C)cc1N)C(C)C. The van der Waals surface area contributed by atoms with E-state index in [1.54, 1.807) is 12.3 Å². The van der Waals surface area contributed by atoms with Gasteiger partial charge < -0.3 is 10.6 Å². The number of hydrogen-bond donors (Lipinski definition) is 1. The Morgan fingerprint density at radius 1 is 1.53 bits per heavy atom. The molecule has 1 aromatic heterocycles. The minimum atomic E-state index is -0.0353. The van der Waals surface area contributed by atoms with Gasteiger partial charge in [0.25, 0.3) is 5.91 Å². The highest BCUT2D eigenvalue weighted by Crippen LogP contribution is 2.16. The Morgan fingerprint density at radius 3 is 2.65 bits per heavy atom. The fourth-order valence-electron chi connectivity index (χ4n) is 1.75. The Morgan fingerprint density at radius 2 is 2.18 bits per heavy atom. The lowest BCUT2D eigenvalue weighted by Crippen LogP contribution is -2.38. The van der Waals surface area contributed by atoms with E-state index in [1.165, 1.54) is 0 Å². The molecule has 0 bridgehead atoms. The summed E-state index contributed by atoms with van der Waals surface area (Å²) in [6.45, 7) is 8.66. The van der Waals surface area contributed by atoms with Gasteiger partial charge in [0.1, 0.15) is 0 Å². The van der Waals surface area contributed by atoms with E-state index < -0.39 is 0 Å². The molecule has 0 aromatic carbocycles. The van der Waals surface area contributed by atoms with Crippen LogP contribution >= 0.6 is 0 Å². The molecule has 0 saturated carbocycles. The summed E-state index contributed by atoms with van der Waals surface area (Å²) in [4.78, 5) is 18.3. The first-order chi connectivity index (χ1) is 7.97. The zero-order valence-electron chi connectivity index (χ0n) is 11.0. The van der Waals surface area contributed by atoms with Gasteiger partial charge in [-0.05, 0) is 33.3 Å². The number of nitrogens with zero attached hydrogens (tertiary/aromatic N) is 2. The molecule has 0 aliphatic carbocycles. The van der Waals surface area contributed by atoms with Gasteiger partial charge in [-0.1, -0.05) is 6.92 Å². The summed E-state index contributed by atoms with van der Waals surface area (Å²) in [6, 6.07) is 1.90. The molecule has 1 aromatic rings. The van der Waals surface area contributed by atoms with Gasteiger partial charge in [-0.25, -0.2) is 0 Å². The number of carbonyl (C=O) groups is 1. The lowest BCUT2D eigenvalue weighted by Gasteiger charge is -2.26. The fraction of sp³-hybridized carbons (Fsp3) is 0.538. The standard InChI is InChI=1S/C13H21N3O/c1-5-6-16(9(2)3)13(17)11-8-15-10(4)7-12(11)14/h7-9H,5-6H2,1-4H3,(H2,14,15). The lowest BCUT2D eigenvalue weighted by atomic mass is 10.1. The number of aromatic nitrogens is 1. The van der Waals surface area contributed by atoms with E-state index in [0.717, 1.165) is 18.7 Å². The summed E-state index contributed by atoms with van der Waals surface area (Å²) in [5.41, 5.74) is 7.70. The van der Waals surface area contributed by atoms with Gasteiger partial charge in [0.15, 0.2) is 0 Å². The first-order valence-corrected chi connectivity index (χ1v) is 6.00. The molecule has 1 heterocycles. The number of nitrogen functional groups attached to an aromatic ring is 1. The largest absolute Gasteiger partial charge is 0.398 e. The molecular formula is C13H21N3O. The second-order valence-electron chi connectivity index (χ2n) is 4.51. The van der Waals surface area contributed by atoms with Crippen molar-refractivity contribution in [1.82, 2.24) is 9.88 Å². The molecule has 0 radical (unpaired) electrons. The maximum atomic E-state index is 12.3. The number of amides is 1. The number of carbonyl (C=O) groups excluding carboxylic acids is 1. The van der Waals surface area contributed by atoms with Crippen molar-refractivity contribution in [2.75, 3.05) is 12.3 Å². The molecule has 94 valence electrons. The first kappa shape index (κ1) is 13.5. The van der Waals surface area contributed by atoms with Gasteiger partial charge in [-0.15, -0.1) is 0 Å². The van der Waals surface area contributed by atoms with E-state index in [1.807, 2.05) is 25.7 Å². The van der Waals surface area contributed by atoms with Crippen molar-refractivity contribution in [2.24, 2.45) is 0 Å². The molecule has 0 fully saturated rings.